The molecule has 0 amide bonds. The topological polar surface area (TPSA) is 108 Å². The monoisotopic (exact) mass is 559 g/mol. The van der Waals surface area contributed by atoms with Crippen LogP contribution in [0.1, 0.15) is 48.4 Å². The largest absolute Gasteiger partial charge is 0.491 e. The number of hydrogen-bond acceptors (Lipinski definition) is 8. The number of aromatic nitrogens is 3. The predicted octanol–water partition coefficient (Wildman–Crippen LogP) is 3.88. The molecule has 9 nitrogen and oxygen atoms in total. The van der Waals surface area contributed by atoms with Crippen molar-refractivity contribution in [3.8, 4) is 11.8 Å². The van der Waals surface area contributed by atoms with E-state index >= 15 is 4.39 Å². The molecule has 1 aromatic carbocycles. The molecule has 2 aliphatic heterocycles. The number of aliphatic hydroxyl groups excluding tert-OH is 1. The summed E-state index contributed by atoms with van der Waals surface area (Å²) in [6.07, 6.45) is 4.14. The van der Waals surface area contributed by atoms with E-state index in [1.165, 1.54) is 12.5 Å². The van der Waals surface area contributed by atoms with Crippen LogP contribution in [0.4, 0.5) is 4.39 Å². The van der Waals surface area contributed by atoms with E-state index in [4.69, 9.17) is 40.3 Å². The standard InChI is InChI=1S/C28H31ClFN3O6/c29-18-11-21-27(33-28(32-21)39-23-13-38-25-22(34)12-37-26(23)25)31-20(18)9-15-5-4-14-8-17(10-19(30)24(14)15)36-7-6-35-16-2-1-3-16/h8,10-11,15-16,22-23,25-26,34H,1-7,9,12-13H2,(H,31,32,33)/t15?,22-,23-,25-,26-/m1/s1. The van der Waals surface area contributed by atoms with Crippen molar-refractivity contribution in [3.63, 3.8) is 0 Å². The van der Waals surface area contributed by atoms with E-state index in [-0.39, 0.29) is 42.7 Å². The minimum Gasteiger partial charge on any atom is -0.491 e. The van der Waals surface area contributed by atoms with Gasteiger partial charge >= 0.3 is 0 Å². The van der Waals surface area contributed by atoms with Crippen molar-refractivity contribution >= 4 is 22.8 Å². The van der Waals surface area contributed by atoms with Crippen LogP contribution in [0.3, 0.4) is 0 Å². The molecule has 3 aromatic rings. The van der Waals surface area contributed by atoms with Crippen molar-refractivity contribution in [2.45, 2.75) is 75.0 Å². The fourth-order valence-electron chi connectivity index (χ4n) is 6.04. The van der Waals surface area contributed by atoms with E-state index < -0.39 is 6.10 Å². The third-order valence-corrected chi connectivity index (χ3v) is 8.61. The lowest BCUT2D eigenvalue weighted by Crippen LogP contribution is -2.34. The van der Waals surface area contributed by atoms with Crippen molar-refractivity contribution in [1.29, 1.82) is 0 Å². The van der Waals surface area contributed by atoms with Gasteiger partial charge in [-0.05, 0) is 67.7 Å². The normalized spacial score (nSPS) is 28.0. The van der Waals surface area contributed by atoms with Gasteiger partial charge in [0.2, 0.25) is 0 Å². The minimum absolute atomic E-state index is 0.0355. The van der Waals surface area contributed by atoms with Gasteiger partial charge in [0.1, 0.15) is 36.5 Å². The SMILES string of the molecule is O[C@@H]1CO[C@H]2[C@@H]1OC[C@H]2Oc1nc2nc(CC3CCc4cc(OCCOC5CCC5)cc(F)c43)c(Cl)cc2[nH]1. The van der Waals surface area contributed by atoms with Crippen LogP contribution in [-0.4, -0.2) is 77.0 Å². The number of hydrogen-bond donors (Lipinski definition) is 2. The zero-order valence-electron chi connectivity index (χ0n) is 21.4. The van der Waals surface area contributed by atoms with Crippen LogP contribution in [-0.2, 0) is 27.1 Å². The Hall–Kier alpha value is -2.50. The highest BCUT2D eigenvalue weighted by Crippen LogP contribution is 2.40. The maximum absolute atomic E-state index is 15.2. The number of nitrogens with zero attached hydrogens (tertiary/aromatic N) is 2. The Morgan fingerprint density at radius 3 is 2.79 bits per heavy atom. The van der Waals surface area contributed by atoms with Crippen molar-refractivity contribution < 1.29 is 33.2 Å². The highest BCUT2D eigenvalue weighted by atomic mass is 35.5. The number of fused-ring (bicyclic) bond motifs is 3. The van der Waals surface area contributed by atoms with Gasteiger partial charge in [-0.1, -0.05) is 11.6 Å². The number of imidazole rings is 1. The summed E-state index contributed by atoms with van der Waals surface area (Å²) in [6, 6.07) is 5.48. The average Bonchev–Trinajstić information content (AvgIpc) is 3.65. The summed E-state index contributed by atoms with van der Waals surface area (Å²) >= 11 is 6.61. The van der Waals surface area contributed by atoms with E-state index in [0.717, 1.165) is 31.2 Å². The first kappa shape index (κ1) is 25.5. The van der Waals surface area contributed by atoms with E-state index in [0.29, 0.717) is 65.5 Å². The Bertz CT molecular complexity index is 1370. The van der Waals surface area contributed by atoms with E-state index in [9.17, 15) is 5.11 Å². The van der Waals surface area contributed by atoms with Crippen LogP contribution >= 0.6 is 11.6 Å². The number of H-pyrrole nitrogens is 1. The van der Waals surface area contributed by atoms with E-state index in [2.05, 4.69) is 9.97 Å². The van der Waals surface area contributed by atoms with Crippen LogP contribution in [0.15, 0.2) is 18.2 Å². The molecule has 0 radical (unpaired) electrons. The summed E-state index contributed by atoms with van der Waals surface area (Å²) in [5.74, 6) is 0.253. The zero-order valence-corrected chi connectivity index (χ0v) is 22.2. The lowest BCUT2D eigenvalue weighted by atomic mass is 9.95. The second-order valence-electron chi connectivity index (χ2n) is 10.8. The first-order valence-corrected chi connectivity index (χ1v) is 14.1. The molecule has 11 heteroatoms. The Labute approximate surface area is 229 Å². The van der Waals surface area contributed by atoms with Gasteiger partial charge in [-0.2, -0.15) is 4.98 Å². The predicted molar refractivity (Wildman–Crippen MR) is 139 cm³/mol. The third-order valence-electron chi connectivity index (χ3n) is 8.28. The molecule has 0 bridgehead atoms. The van der Waals surface area contributed by atoms with Crippen molar-refractivity contribution in [3.05, 3.63) is 45.9 Å². The lowest BCUT2D eigenvalue weighted by Gasteiger charge is -2.25. The fourth-order valence-corrected chi connectivity index (χ4v) is 6.27. The number of aryl methyl sites for hydroxylation is 1. The van der Waals surface area contributed by atoms with Crippen LogP contribution < -0.4 is 9.47 Å². The Kier molecular flexibility index (Phi) is 6.84. The molecule has 2 aromatic heterocycles. The summed E-state index contributed by atoms with van der Waals surface area (Å²) in [5, 5.41) is 10.4. The molecule has 3 fully saturated rings. The molecule has 2 aliphatic carbocycles. The lowest BCUT2D eigenvalue weighted by molar-refractivity contribution is -0.0104. The average molecular weight is 560 g/mol. The third kappa shape index (κ3) is 4.97. The number of ether oxygens (including phenoxy) is 5. The summed E-state index contributed by atoms with van der Waals surface area (Å²) in [6.45, 7) is 1.46. The molecule has 208 valence electrons. The van der Waals surface area contributed by atoms with Gasteiger partial charge < -0.3 is 33.8 Å². The van der Waals surface area contributed by atoms with Gasteiger partial charge in [0.15, 0.2) is 11.8 Å². The van der Waals surface area contributed by atoms with Gasteiger partial charge in [0.25, 0.3) is 6.01 Å². The molecule has 4 aliphatic rings. The highest BCUT2D eigenvalue weighted by molar-refractivity contribution is 6.31. The number of aliphatic hydroxyl groups is 1. The zero-order chi connectivity index (χ0) is 26.5. The molecular formula is C28H31ClFN3O6. The molecule has 2 saturated heterocycles. The summed E-state index contributed by atoms with van der Waals surface area (Å²) in [5.41, 5.74) is 3.46. The first-order chi connectivity index (χ1) is 19.0. The molecule has 39 heavy (non-hydrogen) atoms. The summed E-state index contributed by atoms with van der Waals surface area (Å²) < 4.78 is 44.0. The van der Waals surface area contributed by atoms with Crippen LogP contribution in [0.5, 0.6) is 11.8 Å². The second-order valence-corrected chi connectivity index (χ2v) is 11.2. The number of benzene rings is 1. The number of pyridine rings is 1. The molecule has 0 spiro atoms. The van der Waals surface area contributed by atoms with Crippen molar-refractivity contribution in [2.24, 2.45) is 0 Å². The number of aromatic amines is 1. The maximum Gasteiger partial charge on any atom is 0.296 e. The van der Waals surface area contributed by atoms with Gasteiger partial charge in [-0.15, -0.1) is 0 Å². The second kappa shape index (κ2) is 10.5. The molecule has 1 unspecified atom stereocenters. The number of halogens is 2. The van der Waals surface area contributed by atoms with Crippen LogP contribution in [0.2, 0.25) is 5.02 Å². The molecule has 1 saturated carbocycles. The molecule has 7 rings (SSSR count). The quantitative estimate of drug-likeness (QED) is 0.380. The highest BCUT2D eigenvalue weighted by Gasteiger charge is 2.48. The number of rotatable bonds is 9. The molecular weight excluding hydrogens is 529 g/mol. The van der Waals surface area contributed by atoms with Gasteiger partial charge in [0.05, 0.1) is 42.2 Å². The van der Waals surface area contributed by atoms with Gasteiger partial charge in [-0.3, -0.25) is 0 Å². The first-order valence-electron chi connectivity index (χ1n) is 13.7. The minimum atomic E-state index is -0.650. The number of nitrogens with one attached hydrogen (secondary N) is 1. The van der Waals surface area contributed by atoms with Crippen molar-refractivity contribution in [2.75, 3.05) is 26.4 Å². The Balaban J connectivity index is 1.02. The summed E-state index contributed by atoms with van der Waals surface area (Å²) in [7, 11) is 0. The van der Waals surface area contributed by atoms with Gasteiger partial charge in [-0.25, -0.2) is 9.37 Å². The Morgan fingerprint density at radius 1 is 1.08 bits per heavy atom. The molecule has 2 N–H and O–H groups in total. The molecule has 4 heterocycles. The van der Waals surface area contributed by atoms with Crippen LogP contribution in [0.25, 0.3) is 11.2 Å². The smallest absolute Gasteiger partial charge is 0.296 e. The van der Waals surface area contributed by atoms with Crippen LogP contribution in [0, 0.1) is 5.82 Å². The molecule has 5 atom stereocenters. The fraction of sp³-hybridized carbons (Fsp3) is 0.571. The van der Waals surface area contributed by atoms with Crippen molar-refractivity contribution in [1.82, 2.24) is 15.0 Å². The maximum atomic E-state index is 15.2. The van der Waals surface area contributed by atoms with E-state index in [1.807, 2.05) is 6.07 Å². The van der Waals surface area contributed by atoms with E-state index in [1.54, 1.807) is 6.07 Å². The summed E-state index contributed by atoms with van der Waals surface area (Å²) in [4.78, 5) is 12.3. The Morgan fingerprint density at radius 2 is 1.95 bits per heavy atom. The van der Waals surface area contributed by atoms with Gasteiger partial charge in [0, 0.05) is 6.07 Å².